The lowest BCUT2D eigenvalue weighted by molar-refractivity contribution is 0.479. The van der Waals surface area contributed by atoms with Gasteiger partial charge in [-0.05, 0) is 84.3 Å². The molecule has 5 aromatic rings. The summed E-state index contributed by atoms with van der Waals surface area (Å²) in [7, 11) is 0. The Morgan fingerprint density at radius 3 is 2.55 bits per heavy atom. The molecule has 0 bridgehead atoms. The number of aryl methyl sites for hydroxylation is 1. The number of aromatic nitrogens is 1. The van der Waals surface area contributed by atoms with E-state index in [1.54, 1.807) is 12.1 Å². The van der Waals surface area contributed by atoms with Gasteiger partial charge in [-0.15, -0.1) is 0 Å². The predicted molar refractivity (Wildman–Crippen MR) is 132 cm³/mol. The van der Waals surface area contributed by atoms with Crippen molar-refractivity contribution in [3.05, 3.63) is 126 Å². The number of hydrogen-bond acceptors (Lipinski definition) is 2. The van der Waals surface area contributed by atoms with Gasteiger partial charge in [0.1, 0.15) is 17.3 Å². The van der Waals surface area contributed by atoms with E-state index >= 15 is 0 Å². The van der Waals surface area contributed by atoms with E-state index in [0.717, 1.165) is 44.8 Å². The summed E-state index contributed by atoms with van der Waals surface area (Å²) in [5.41, 5.74) is 5.02. The van der Waals surface area contributed by atoms with E-state index in [0.29, 0.717) is 6.54 Å². The summed E-state index contributed by atoms with van der Waals surface area (Å²) in [6, 6.07) is 30.7. The van der Waals surface area contributed by atoms with Crippen LogP contribution in [0.15, 0.2) is 108 Å². The zero-order valence-electron chi connectivity index (χ0n) is 18.3. The van der Waals surface area contributed by atoms with Gasteiger partial charge in [0.25, 0.3) is 0 Å². The van der Waals surface area contributed by atoms with Gasteiger partial charge < -0.3 is 9.30 Å². The van der Waals surface area contributed by atoms with Crippen LogP contribution in [-0.4, -0.2) is 10.8 Å². The number of hydrogen-bond donors (Lipinski definition) is 0. The van der Waals surface area contributed by atoms with Crippen LogP contribution in [0.3, 0.4) is 0 Å². The fourth-order valence-electron chi connectivity index (χ4n) is 3.82. The number of ether oxygens (including phenoxy) is 1. The van der Waals surface area contributed by atoms with Crippen LogP contribution in [-0.2, 0) is 6.54 Å². The van der Waals surface area contributed by atoms with Crippen molar-refractivity contribution in [1.29, 1.82) is 0 Å². The highest BCUT2D eigenvalue weighted by Gasteiger charge is 2.04. The summed E-state index contributed by atoms with van der Waals surface area (Å²) in [4.78, 5) is 4.60. The first-order chi connectivity index (χ1) is 16.1. The maximum absolute atomic E-state index is 13.5. The molecule has 0 unspecified atom stereocenters. The lowest BCUT2D eigenvalue weighted by Gasteiger charge is -2.08. The Balaban J connectivity index is 1.29. The van der Waals surface area contributed by atoms with Crippen LogP contribution >= 0.6 is 0 Å². The molecule has 0 saturated heterocycles. The van der Waals surface area contributed by atoms with Gasteiger partial charge in [-0.25, -0.2) is 4.39 Å². The second-order valence-corrected chi connectivity index (χ2v) is 8.01. The molecule has 0 fully saturated rings. The minimum absolute atomic E-state index is 0.211. The molecule has 4 heteroatoms. The highest BCUT2D eigenvalue weighted by molar-refractivity contribution is 5.90. The molecule has 0 aliphatic heterocycles. The third-order valence-electron chi connectivity index (χ3n) is 5.56. The molecule has 1 aromatic heterocycles. The van der Waals surface area contributed by atoms with Crippen LogP contribution in [0.5, 0.6) is 11.5 Å². The Morgan fingerprint density at radius 2 is 1.73 bits per heavy atom. The minimum atomic E-state index is -0.211. The molecule has 1 heterocycles. The Morgan fingerprint density at radius 1 is 0.879 bits per heavy atom. The van der Waals surface area contributed by atoms with Gasteiger partial charge in [0, 0.05) is 29.9 Å². The van der Waals surface area contributed by atoms with E-state index in [4.69, 9.17) is 4.74 Å². The maximum Gasteiger partial charge on any atom is 0.130 e. The van der Waals surface area contributed by atoms with Crippen LogP contribution in [0.25, 0.3) is 10.9 Å². The molecular formula is C29H23FN2O. The molecular weight excluding hydrogens is 411 g/mol. The number of benzene rings is 4. The lowest BCUT2D eigenvalue weighted by Crippen LogP contribution is -1.98. The Kier molecular flexibility index (Phi) is 5.73. The van der Waals surface area contributed by atoms with Gasteiger partial charge in [0.05, 0.1) is 5.69 Å². The van der Waals surface area contributed by atoms with Crippen LogP contribution < -0.4 is 4.74 Å². The smallest absolute Gasteiger partial charge is 0.130 e. The largest absolute Gasteiger partial charge is 0.457 e. The highest BCUT2D eigenvalue weighted by atomic mass is 19.1. The molecule has 0 N–H and O–H groups in total. The first-order valence-corrected chi connectivity index (χ1v) is 10.8. The quantitative estimate of drug-likeness (QED) is 0.252. The molecule has 0 aliphatic rings. The molecule has 0 saturated carbocycles. The number of nitrogens with zero attached hydrogens (tertiary/aromatic N) is 2. The zero-order chi connectivity index (χ0) is 22.6. The Labute approximate surface area is 192 Å². The van der Waals surface area contributed by atoms with Gasteiger partial charge in [-0.3, -0.25) is 4.99 Å². The van der Waals surface area contributed by atoms with E-state index in [1.807, 2.05) is 80.0 Å². The second-order valence-electron chi connectivity index (χ2n) is 8.01. The topological polar surface area (TPSA) is 26.5 Å². The normalized spacial score (nSPS) is 11.3. The third-order valence-corrected chi connectivity index (χ3v) is 5.56. The molecule has 0 radical (unpaired) electrons. The number of rotatable bonds is 6. The van der Waals surface area contributed by atoms with Crippen molar-refractivity contribution >= 4 is 22.8 Å². The monoisotopic (exact) mass is 434 g/mol. The summed E-state index contributed by atoms with van der Waals surface area (Å²) in [5, 5.41) is 1.12. The van der Waals surface area contributed by atoms with E-state index in [1.165, 1.54) is 6.07 Å². The average Bonchev–Trinajstić information content (AvgIpc) is 3.22. The van der Waals surface area contributed by atoms with Gasteiger partial charge >= 0.3 is 0 Å². The second kappa shape index (κ2) is 9.13. The summed E-state index contributed by atoms with van der Waals surface area (Å²) in [6.07, 6.45) is 3.89. The van der Waals surface area contributed by atoms with Crippen LogP contribution in [0.2, 0.25) is 0 Å². The van der Waals surface area contributed by atoms with Crippen molar-refractivity contribution in [2.24, 2.45) is 4.99 Å². The first kappa shape index (κ1) is 20.7. The van der Waals surface area contributed by atoms with E-state index in [-0.39, 0.29) is 5.82 Å². The molecule has 0 atom stereocenters. The Hall–Kier alpha value is -4.18. The highest BCUT2D eigenvalue weighted by Crippen LogP contribution is 2.26. The van der Waals surface area contributed by atoms with Crippen molar-refractivity contribution in [2.45, 2.75) is 13.5 Å². The van der Waals surface area contributed by atoms with Crippen molar-refractivity contribution in [1.82, 2.24) is 4.57 Å². The fourth-order valence-corrected chi connectivity index (χ4v) is 3.82. The van der Waals surface area contributed by atoms with E-state index in [9.17, 15) is 4.39 Å². The van der Waals surface area contributed by atoms with Gasteiger partial charge in [-0.1, -0.05) is 36.4 Å². The molecule has 0 spiro atoms. The zero-order valence-corrected chi connectivity index (χ0v) is 18.3. The van der Waals surface area contributed by atoms with E-state index < -0.39 is 0 Å². The van der Waals surface area contributed by atoms with Crippen molar-refractivity contribution in [2.75, 3.05) is 0 Å². The molecule has 33 heavy (non-hydrogen) atoms. The molecule has 3 nitrogen and oxygen atoms in total. The molecule has 4 aromatic carbocycles. The van der Waals surface area contributed by atoms with Gasteiger partial charge in [0.15, 0.2) is 0 Å². The molecule has 0 aliphatic carbocycles. The summed E-state index contributed by atoms with van der Waals surface area (Å²) >= 11 is 0. The SMILES string of the molecule is Cc1ccccc1Oc1ccc(N=Cc2ccc3c(ccn3Cc3cccc(F)c3)c2)cc1. The van der Waals surface area contributed by atoms with Crippen LogP contribution in [0, 0.1) is 12.7 Å². The van der Waals surface area contributed by atoms with E-state index in [2.05, 4.69) is 27.8 Å². The minimum Gasteiger partial charge on any atom is -0.457 e. The van der Waals surface area contributed by atoms with Gasteiger partial charge in [-0.2, -0.15) is 0 Å². The van der Waals surface area contributed by atoms with Crippen LogP contribution in [0.1, 0.15) is 16.7 Å². The maximum atomic E-state index is 13.5. The predicted octanol–water partition coefficient (Wildman–Crippen LogP) is 7.68. The molecule has 0 amide bonds. The Bertz CT molecular complexity index is 1430. The summed E-state index contributed by atoms with van der Waals surface area (Å²) < 4.78 is 21.6. The summed E-state index contributed by atoms with van der Waals surface area (Å²) in [5.74, 6) is 1.42. The van der Waals surface area contributed by atoms with Crippen LogP contribution in [0.4, 0.5) is 10.1 Å². The standard InChI is InChI=1S/C29H23FN2O/c1-21-5-2-3-8-29(21)33-27-12-10-26(11-13-27)31-19-22-9-14-28-24(17-22)15-16-32(28)20-23-6-4-7-25(30)18-23/h2-19H,20H2,1H3. The number of fused-ring (bicyclic) bond motifs is 1. The average molecular weight is 435 g/mol. The number of para-hydroxylation sites is 1. The lowest BCUT2D eigenvalue weighted by atomic mass is 10.1. The van der Waals surface area contributed by atoms with Crippen molar-refractivity contribution in [3.8, 4) is 11.5 Å². The fraction of sp³-hybridized carbons (Fsp3) is 0.0690. The summed E-state index contributed by atoms with van der Waals surface area (Å²) in [6.45, 7) is 2.66. The van der Waals surface area contributed by atoms with Gasteiger partial charge in [0.2, 0.25) is 0 Å². The molecule has 162 valence electrons. The third kappa shape index (κ3) is 4.85. The number of halogens is 1. The van der Waals surface area contributed by atoms with Crippen molar-refractivity contribution in [3.63, 3.8) is 0 Å². The van der Waals surface area contributed by atoms with Crippen molar-refractivity contribution < 1.29 is 9.13 Å². The number of aliphatic imine (C=N–C) groups is 1. The molecule has 5 rings (SSSR count). The first-order valence-electron chi connectivity index (χ1n) is 10.8.